The number of benzene rings is 2. The van der Waals surface area contributed by atoms with Crippen molar-refractivity contribution in [3.05, 3.63) is 82.8 Å². The van der Waals surface area contributed by atoms with Crippen LogP contribution in [0.2, 0.25) is 5.02 Å². The number of Topliss-reactive ketones (excluding diaryl/α,β-unsaturated/α-hetero) is 1. The lowest BCUT2D eigenvalue weighted by atomic mass is 10.1. The first-order chi connectivity index (χ1) is 13.0. The van der Waals surface area contributed by atoms with Crippen LogP contribution in [0.1, 0.15) is 33.3 Å². The number of nitrogens with one attached hydrogen (secondary N) is 2. The molecule has 0 radical (unpaired) electrons. The molecule has 0 aliphatic rings. The summed E-state index contributed by atoms with van der Waals surface area (Å²) in [7, 11) is 0. The Hall–Kier alpha value is -3.25. The molecule has 1 aromatic heterocycles. The molecular weight excluding hydrogens is 364 g/mol. The normalized spacial score (nSPS) is 10.3. The maximum absolute atomic E-state index is 12.2. The lowest BCUT2D eigenvalue weighted by molar-refractivity contribution is 0.0944. The van der Waals surface area contributed by atoms with Gasteiger partial charge in [0.2, 0.25) is 0 Å². The Morgan fingerprint density at radius 2 is 1.67 bits per heavy atom. The number of nitrogens with zero attached hydrogens (tertiary/aromatic N) is 2. The van der Waals surface area contributed by atoms with Gasteiger partial charge in [0.05, 0.1) is 12.4 Å². The molecule has 0 aliphatic carbocycles. The Labute approximate surface area is 161 Å². The summed E-state index contributed by atoms with van der Waals surface area (Å²) in [4.78, 5) is 31.8. The molecular formula is C20H17ClN4O2. The number of rotatable bonds is 6. The van der Waals surface area contributed by atoms with Crippen molar-refractivity contribution in [2.24, 2.45) is 0 Å². The minimum Gasteiger partial charge on any atom is -0.347 e. The zero-order valence-electron chi connectivity index (χ0n) is 14.6. The molecule has 0 atom stereocenters. The molecule has 0 saturated carbocycles. The van der Waals surface area contributed by atoms with Crippen LogP contribution in [0.4, 0.5) is 11.5 Å². The van der Waals surface area contributed by atoms with Crippen molar-refractivity contribution in [1.82, 2.24) is 15.3 Å². The third-order valence-electron chi connectivity index (χ3n) is 3.81. The Morgan fingerprint density at radius 1 is 0.963 bits per heavy atom. The van der Waals surface area contributed by atoms with Gasteiger partial charge in [0, 0.05) is 22.8 Å². The number of halogens is 1. The van der Waals surface area contributed by atoms with Crippen molar-refractivity contribution >= 4 is 34.8 Å². The van der Waals surface area contributed by atoms with E-state index in [4.69, 9.17) is 11.6 Å². The number of hydrogen-bond donors (Lipinski definition) is 2. The number of aromatic nitrogens is 2. The number of carbonyl (C=O) groups excluding carboxylic acids is 2. The van der Waals surface area contributed by atoms with E-state index in [0.717, 1.165) is 11.3 Å². The molecule has 0 bridgehead atoms. The summed E-state index contributed by atoms with van der Waals surface area (Å²) >= 11 is 5.84. The first-order valence-electron chi connectivity index (χ1n) is 8.24. The minimum atomic E-state index is -0.310. The van der Waals surface area contributed by atoms with E-state index in [-0.39, 0.29) is 17.4 Å². The number of ketones is 1. The molecule has 0 unspecified atom stereocenters. The van der Waals surface area contributed by atoms with Crippen LogP contribution in [-0.4, -0.2) is 21.7 Å². The number of carbonyl (C=O) groups is 2. The average molecular weight is 381 g/mol. The van der Waals surface area contributed by atoms with E-state index in [9.17, 15) is 9.59 Å². The van der Waals surface area contributed by atoms with Gasteiger partial charge in [0.25, 0.3) is 5.91 Å². The van der Waals surface area contributed by atoms with Gasteiger partial charge in [-0.15, -0.1) is 0 Å². The van der Waals surface area contributed by atoms with Crippen molar-refractivity contribution < 1.29 is 9.59 Å². The average Bonchev–Trinajstić information content (AvgIpc) is 2.68. The fourth-order valence-electron chi connectivity index (χ4n) is 2.32. The smallest absolute Gasteiger partial charge is 0.271 e. The molecule has 1 heterocycles. The monoisotopic (exact) mass is 380 g/mol. The topological polar surface area (TPSA) is 84.0 Å². The Morgan fingerprint density at radius 3 is 2.26 bits per heavy atom. The zero-order valence-corrected chi connectivity index (χ0v) is 15.3. The van der Waals surface area contributed by atoms with E-state index >= 15 is 0 Å². The van der Waals surface area contributed by atoms with Crippen LogP contribution < -0.4 is 10.6 Å². The largest absolute Gasteiger partial charge is 0.347 e. The summed E-state index contributed by atoms with van der Waals surface area (Å²) in [5.74, 6) is 0.199. The lowest BCUT2D eigenvalue weighted by Gasteiger charge is -2.07. The van der Waals surface area contributed by atoms with E-state index in [1.54, 1.807) is 36.4 Å². The van der Waals surface area contributed by atoms with Crippen molar-refractivity contribution in [3.8, 4) is 0 Å². The van der Waals surface area contributed by atoms with Crippen molar-refractivity contribution in [1.29, 1.82) is 0 Å². The number of amides is 1. The van der Waals surface area contributed by atoms with Crippen molar-refractivity contribution in [2.75, 3.05) is 5.32 Å². The molecule has 136 valence electrons. The fourth-order valence-corrected chi connectivity index (χ4v) is 2.45. The third-order valence-corrected chi connectivity index (χ3v) is 4.07. The summed E-state index contributed by atoms with van der Waals surface area (Å²) in [6.07, 6.45) is 2.89. The molecule has 7 heteroatoms. The molecule has 3 rings (SSSR count). The highest BCUT2D eigenvalue weighted by atomic mass is 35.5. The van der Waals surface area contributed by atoms with Crippen LogP contribution in [0.3, 0.4) is 0 Å². The van der Waals surface area contributed by atoms with Gasteiger partial charge in [-0.25, -0.2) is 9.97 Å². The molecule has 0 aliphatic heterocycles. The van der Waals surface area contributed by atoms with Crippen LogP contribution >= 0.6 is 11.6 Å². The highest BCUT2D eigenvalue weighted by Crippen LogP contribution is 2.15. The quantitative estimate of drug-likeness (QED) is 0.631. The predicted octanol–water partition coefficient (Wildman–Crippen LogP) is 4.01. The van der Waals surface area contributed by atoms with Gasteiger partial charge < -0.3 is 10.6 Å². The Bertz CT molecular complexity index is 939. The second-order valence-electron chi connectivity index (χ2n) is 5.85. The molecule has 6 nitrogen and oxygen atoms in total. The Kier molecular flexibility index (Phi) is 5.78. The van der Waals surface area contributed by atoms with Crippen molar-refractivity contribution in [3.63, 3.8) is 0 Å². The van der Waals surface area contributed by atoms with Gasteiger partial charge in [0.1, 0.15) is 11.5 Å². The lowest BCUT2D eigenvalue weighted by Crippen LogP contribution is -2.24. The molecule has 1 amide bonds. The van der Waals surface area contributed by atoms with Crippen LogP contribution in [0, 0.1) is 0 Å². The van der Waals surface area contributed by atoms with Crippen LogP contribution in [0.25, 0.3) is 0 Å². The maximum Gasteiger partial charge on any atom is 0.271 e. The van der Waals surface area contributed by atoms with Gasteiger partial charge in [0.15, 0.2) is 5.78 Å². The summed E-state index contributed by atoms with van der Waals surface area (Å²) in [5, 5.41) is 6.50. The summed E-state index contributed by atoms with van der Waals surface area (Å²) in [5.41, 5.74) is 2.57. The first-order valence-corrected chi connectivity index (χ1v) is 8.62. The fraction of sp³-hybridized carbons (Fsp3) is 0.100. The first kappa shape index (κ1) is 18.5. The van der Waals surface area contributed by atoms with Gasteiger partial charge in [-0.2, -0.15) is 0 Å². The Balaban J connectivity index is 1.58. The van der Waals surface area contributed by atoms with Gasteiger partial charge in [-0.05, 0) is 48.9 Å². The van der Waals surface area contributed by atoms with Crippen LogP contribution in [0.5, 0.6) is 0 Å². The van der Waals surface area contributed by atoms with Gasteiger partial charge in [-0.1, -0.05) is 23.7 Å². The molecule has 2 aromatic carbocycles. The molecule has 0 fully saturated rings. The molecule has 0 spiro atoms. The summed E-state index contributed by atoms with van der Waals surface area (Å²) in [6.45, 7) is 1.89. The van der Waals surface area contributed by atoms with Crippen LogP contribution in [-0.2, 0) is 6.54 Å². The van der Waals surface area contributed by atoms with Gasteiger partial charge in [-0.3, -0.25) is 9.59 Å². The molecule has 3 aromatic rings. The second-order valence-corrected chi connectivity index (χ2v) is 6.29. The zero-order chi connectivity index (χ0) is 19.2. The predicted molar refractivity (Wildman–Crippen MR) is 104 cm³/mol. The maximum atomic E-state index is 12.2. The van der Waals surface area contributed by atoms with E-state index in [2.05, 4.69) is 20.6 Å². The second kappa shape index (κ2) is 8.42. The van der Waals surface area contributed by atoms with E-state index in [1.807, 2.05) is 12.1 Å². The molecule has 27 heavy (non-hydrogen) atoms. The summed E-state index contributed by atoms with van der Waals surface area (Å²) in [6, 6.07) is 14.3. The SMILES string of the molecule is CC(=O)c1ccc(Nc2cnc(C(=O)NCc3ccc(Cl)cc3)cn2)cc1. The highest BCUT2D eigenvalue weighted by molar-refractivity contribution is 6.30. The molecule has 0 saturated heterocycles. The van der Waals surface area contributed by atoms with Crippen LogP contribution in [0.15, 0.2) is 60.9 Å². The third kappa shape index (κ3) is 5.12. The highest BCUT2D eigenvalue weighted by Gasteiger charge is 2.08. The number of hydrogen-bond acceptors (Lipinski definition) is 5. The van der Waals surface area contributed by atoms with E-state index in [1.165, 1.54) is 19.3 Å². The summed E-state index contributed by atoms with van der Waals surface area (Å²) < 4.78 is 0. The van der Waals surface area contributed by atoms with E-state index in [0.29, 0.717) is 22.9 Å². The number of anilines is 2. The molecule has 2 N–H and O–H groups in total. The van der Waals surface area contributed by atoms with E-state index < -0.39 is 0 Å². The standard InChI is InChI=1S/C20H17ClN4O2/c1-13(26)15-4-8-17(9-5-15)25-19-12-22-18(11-23-19)20(27)24-10-14-2-6-16(21)7-3-14/h2-9,11-12H,10H2,1H3,(H,23,25)(H,24,27). The van der Waals surface area contributed by atoms with Crippen molar-refractivity contribution in [2.45, 2.75) is 13.5 Å². The minimum absolute atomic E-state index is 0.00954. The van der Waals surface area contributed by atoms with Gasteiger partial charge >= 0.3 is 0 Å².